The number of ether oxygens (including phenoxy) is 2. The van der Waals surface area contributed by atoms with E-state index in [1.54, 1.807) is 31.2 Å². The van der Waals surface area contributed by atoms with Gasteiger partial charge in [-0.1, -0.05) is 12.1 Å². The average Bonchev–Trinajstić information content (AvgIpc) is 2.96. The van der Waals surface area contributed by atoms with Crippen molar-refractivity contribution in [1.29, 1.82) is 0 Å². The Morgan fingerprint density at radius 3 is 2.45 bits per heavy atom. The van der Waals surface area contributed by atoms with Gasteiger partial charge in [0.1, 0.15) is 6.04 Å². The number of esters is 1. The standard InChI is InChI=1S/C20H25N3O6/c1-3-29-20(27)21-13-7-6-10-22(11-13)16(19(26)28-2)12-23-17(24)14-8-4-5-9-15(14)18(23)25/h4-5,8-9,13,16H,3,6-7,10-12H2,1-2H3,(H,21,27)/t13-,16+/m1/s1. The van der Waals surface area contributed by atoms with Gasteiger partial charge in [0.05, 0.1) is 31.4 Å². The minimum absolute atomic E-state index is 0.106. The van der Waals surface area contributed by atoms with Crippen molar-refractivity contribution in [3.63, 3.8) is 0 Å². The molecule has 0 radical (unpaired) electrons. The molecule has 1 N–H and O–H groups in total. The summed E-state index contributed by atoms with van der Waals surface area (Å²) in [7, 11) is 1.27. The molecule has 9 heteroatoms. The van der Waals surface area contributed by atoms with Gasteiger partial charge in [-0.2, -0.15) is 0 Å². The number of hydrogen-bond acceptors (Lipinski definition) is 7. The van der Waals surface area contributed by atoms with Gasteiger partial charge in [0.25, 0.3) is 11.8 Å². The average molecular weight is 403 g/mol. The molecule has 1 fully saturated rings. The maximum absolute atomic E-state index is 12.7. The first-order valence-electron chi connectivity index (χ1n) is 9.66. The van der Waals surface area contributed by atoms with Gasteiger partial charge in [0, 0.05) is 12.6 Å². The van der Waals surface area contributed by atoms with E-state index < -0.39 is 29.9 Å². The predicted molar refractivity (Wildman–Crippen MR) is 102 cm³/mol. The van der Waals surface area contributed by atoms with Gasteiger partial charge < -0.3 is 14.8 Å². The third-order valence-corrected chi connectivity index (χ3v) is 5.20. The molecule has 0 aromatic heterocycles. The van der Waals surface area contributed by atoms with E-state index in [0.717, 1.165) is 17.7 Å². The van der Waals surface area contributed by atoms with Crippen LogP contribution in [0.25, 0.3) is 0 Å². The number of hydrogen-bond donors (Lipinski definition) is 1. The molecule has 1 saturated heterocycles. The fourth-order valence-electron chi connectivity index (χ4n) is 3.80. The van der Waals surface area contributed by atoms with E-state index in [1.165, 1.54) is 7.11 Å². The number of imide groups is 1. The highest BCUT2D eigenvalue weighted by atomic mass is 16.5. The third-order valence-electron chi connectivity index (χ3n) is 5.20. The van der Waals surface area contributed by atoms with Crippen LogP contribution in [0.15, 0.2) is 24.3 Å². The maximum Gasteiger partial charge on any atom is 0.407 e. The number of carbonyl (C=O) groups excluding carboxylic acids is 4. The normalized spacial score (nSPS) is 20.2. The van der Waals surface area contributed by atoms with Gasteiger partial charge in [0.2, 0.25) is 0 Å². The zero-order chi connectivity index (χ0) is 21.0. The van der Waals surface area contributed by atoms with Gasteiger partial charge in [-0.25, -0.2) is 4.79 Å². The van der Waals surface area contributed by atoms with Gasteiger partial charge in [-0.15, -0.1) is 0 Å². The Labute approximate surface area is 168 Å². The molecule has 2 aliphatic rings. The molecule has 3 rings (SSSR count). The molecule has 0 saturated carbocycles. The van der Waals surface area contributed by atoms with E-state index in [2.05, 4.69) is 5.32 Å². The number of nitrogens with zero attached hydrogens (tertiary/aromatic N) is 2. The van der Waals surface area contributed by atoms with Crippen molar-refractivity contribution in [3.8, 4) is 0 Å². The summed E-state index contributed by atoms with van der Waals surface area (Å²) in [6.45, 7) is 2.87. The Bertz CT molecular complexity index is 776. The lowest BCUT2D eigenvalue weighted by Gasteiger charge is -2.37. The first-order valence-corrected chi connectivity index (χ1v) is 9.66. The summed E-state index contributed by atoms with van der Waals surface area (Å²) < 4.78 is 9.86. The molecule has 9 nitrogen and oxygen atoms in total. The quantitative estimate of drug-likeness (QED) is 0.559. The van der Waals surface area contributed by atoms with Crippen molar-refractivity contribution in [2.45, 2.75) is 31.8 Å². The smallest absolute Gasteiger partial charge is 0.407 e. The Kier molecular flexibility index (Phi) is 6.48. The number of piperidine rings is 1. The van der Waals surface area contributed by atoms with Crippen LogP contribution in [0.1, 0.15) is 40.5 Å². The Morgan fingerprint density at radius 2 is 1.86 bits per heavy atom. The monoisotopic (exact) mass is 403 g/mol. The number of benzene rings is 1. The van der Waals surface area contributed by atoms with E-state index in [1.807, 2.05) is 4.90 Å². The van der Waals surface area contributed by atoms with Crippen molar-refractivity contribution in [2.75, 3.05) is 33.4 Å². The van der Waals surface area contributed by atoms with Gasteiger partial charge in [-0.3, -0.25) is 24.2 Å². The predicted octanol–water partition coefficient (Wildman–Crippen LogP) is 1.03. The fourth-order valence-corrected chi connectivity index (χ4v) is 3.80. The van der Waals surface area contributed by atoms with Gasteiger partial charge >= 0.3 is 12.1 Å². The largest absolute Gasteiger partial charge is 0.468 e. The summed E-state index contributed by atoms with van der Waals surface area (Å²) in [5.41, 5.74) is 0.670. The molecule has 1 aromatic carbocycles. The molecule has 2 atom stereocenters. The van der Waals surface area contributed by atoms with Crippen LogP contribution in [0.5, 0.6) is 0 Å². The number of methoxy groups -OCH3 is 1. The molecule has 0 bridgehead atoms. The minimum Gasteiger partial charge on any atom is -0.468 e. The second-order valence-electron chi connectivity index (χ2n) is 7.00. The van der Waals surface area contributed by atoms with E-state index in [9.17, 15) is 19.2 Å². The lowest BCUT2D eigenvalue weighted by molar-refractivity contribution is -0.147. The van der Waals surface area contributed by atoms with E-state index in [4.69, 9.17) is 9.47 Å². The molecular formula is C20H25N3O6. The van der Waals surface area contributed by atoms with Crippen LogP contribution in [0.4, 0.5) is 4.79 Å². The number of rotatable bonds is 6. The first kappa shape index (κ1) is 20.8. The molecule has 1 aromatic rings. The molecule has 29 heavy (non-hydrogen) atoms. The fraction of sp³-hybridized carbons (Fsp3) is 0.500. The Hall–Kier alpha value is -2.94. The van der Waals surface area contributed by atoms with Crippen molar-refractivity contribution < 1.29 is 28.7 Å². The zero-order valence-corrected chi connectivity index (χ0v) is 16.6. The first-order chi connectivity index (χ1) is 14.0. The molecule has 0 spiro atoms. The molecule has 2 heterocycles. The zero-order valence-electron chi connectivity index (χ0n) is 16.6. The summed E-state index contributed by atoms with van der Waals surface area (Å²) in [6, 6.07) is 5.58. The van der Waals surface area contributed by atoms with Crippen LogP contribution in [-0.4, -0.2) is 79.1 Å². The van der Waals surface area contributed by atoms with Crippen LogP contribution >= 0.6 is 0 Å². The van der Waals surface area contributed by atoms with Crippen molar-refractivity contribution in [2.24, 2.45) is 0 Å². The topological polar surface area (TPSA) is 105 Å². The van der Waals surface area contributed by atoms with Crippen molar-refractivity contribution in [3.05, 3.63) is 35.4 Å². The lowest BCUT2D eigenvalue weighted by Crippen LogP contribution is -2.57. The summed E-state index contributed by atoms with van der Waals surface area (Å²) in [6.07, 6.45) is 0.984. The summed E-state index contributed by atoms with van der Waals surface area (Å²) in [5, 5.41) is 2.78. The molecule has 3 amide bonds. The third kappa shape index (κ3) is 4.40. The van der Waals surface area contributed by atoms with Crippen LogP contribution in [0.2, 0.25) is 0 Å². The summed E-state index contributed by atoms with van der Waals surface area (Å²) in [5.74, 6) is -1.37. The number of fused-ring (bicyclic) bond motifs is 1. The summed E-state index contributed by atoms with van der Waals surface area (Å²) in [4.78, 5) is 52.5. The van der Waals surface area contributed by atoms with Crippen LogP contribution in [0.3, 0.4) is 0 Å². The highest BCUT2D eigenvalue weighted by Gasteiger charge is 2.40. The van der Waals surface area contributed by atoms with E-state index in [-0.39, 0.29) is 19.2 Å². The molecule has 2 aliphatic heterocycles. The second kappa shape index (κ2) is 9.04. The van der Waals surface area contributed by atoms with Crippen LogP contribution in [0, 0.1) is 0 Å². The highest BCUT2D eigenvalue weighted by Crippen LogP contribution is 2.24. The number of likely N-dealkylation sites (tertiary alicyclic amines) is 1. The SMILES string of the molecule is CCOC(=O)N[C@@H]1CCCN([C@@H](CN2C(=O)c3ccccc3C2=O)C(=O)OC)C1. The molecule has 156 valence electrons. The van der Waals surface area contributed by atoms with E-state index in [0.29, 0.717) is 24.2 Å². The number of alkyl carbamates (subject to hydrolysis) is 1. The number of carbonyl (C=O) groups is 4. The van der Waals surface area contributed by atoms with Crippen LogP contribution < -0.4 is 5.32 Å². The molecule has 0 unspecified atom stereocenters. The van der Waals surface area contributed by atoms with Crippen LogP contribution in [-0.2, 0) is 14.3 Å². The Morgan fingerprint density at radius 1 is 1.21 bits per heavy atom. The molecular weight excluding hydrogens is 378 g/mol. The number of amides is 3. The van der Waals surface area contributed by atoms with Gasteiger partial charge in [-0.05, 0) is 38.4 Å². The van der Waals surface area contributed by atoms with E-state index >= 15 is 0 Å². The number of nitrogens with one attached hydrogen (secondary N) is 1. The summed E-state index contributed by atoms with van der Waals surface area (Å²) >= 11 is 0. The lowest BCUT2D eigenvalue weighted by atomic mass is 10.0. The minimum atomic E-state index is -0.811. The Balaban J connectivity index is 1.74. The van der Waals surface area contributed by atoms with Gasteiger partial charge in [0.15, 0.2) is 0 Å². The molecule has 0 aliphatic carbocycles. The highest BCUT2D eigenvalue weighted by molar-refractivity contribution is 6.21. The van der Waals surface area contributed by atoms with Crippen molar-refractivity contribution >= 4 is 23.9 Å². The van der Waals surface area contributed by atoms with Crippen molar-refractivity contribution in [1.82, 2.24) is 15.1 Å². The maximum atomic E-state index is 12.7. The second-order valence-corrected chi connectivity index (χ2v) is 7.00.